The van der Waals surface area contributed by atoms with E-state index in [1.165, 1.54) is 0 Å². The first-order chi connectivity index (χ1) is 20.3. The maximum atomic E-state index is 12.7. The molecule has 0 aliphatic carbocycles. The van der Waals surface area contributed by atoms with Crippen LogP contribution in [-0.2, 0) is 11.8 Å². The number of fused-ring (bicyclic) bond motifs is 2. The third-order valence-electron chi connectivity index (χ3n) is 7.36. The number of pyridine rings is 3. The molecule has 6 aromatic rings. The third-order valence-corrected chi connectivity index (χ3v) is 7.36. The van der Waals surface area contributed by atoms with Crippen LogP contribution in [0.1, 0.15) is 29.4 Å². The van der Waals surface area contributed by atoms with Crippen LogP contribution in [0.2, 0.25) is 0 Å². The summed E-state index contributed by atoms with van der Waals surface area (Å²) in [6, 6.07) is 15.5. The van der Waals surface area contributed by atoms with E-state index < -0.39 is 0 Å². The number of aromatic nitrogens is 6. The van der Waals surface area contributed by atoms with E-state index in [1.54, 1.807) is 38.8 Å². The number of hydrogen-bond donors (Lipinski definition) is 2. The van der Waals surface area contributed by atoms with Gasteiger partial charge in [0.1, 0.15) is 22.9 Å². The van der Waals surface area contributed by atoms with E-state index in [2.05, 4.69) is 38.5 Å². The molecule has 2 N–H and O–H groups in total. The van der Waals surface area contributed by atoms with Crippen molar-refractivity contribution >= 4 is 28.1 Å². The lowest BCUT2D eigenvalue weighted by Crippen LogP contribution is -2.35. The fourth-order valence-electron chi connectivity index (χ4n) is 4.89. The second-order valence-electron chi connectivity index (χ2n) is 10.3. The largest absolute Gasteiger partial charge is 0.332 e. The topological polar surface area (TPSA) is 102 Å². The van der Waals surface area contributed by atoms with E-state index in [0.29, 0.717) is 11.5 Å². The summed E-state index contributed by atoms with van der Waals surface area (Å²) in [5, 5.41) is 8.03. The summed E-state index contributed by atoms with van der Waals surface area (Å²) >= 11 is 0. The number of benzene rings is 1. The summed E-state index contributed by atoms with van der Waals surface area (Å²) in [5.41, 5.74) is 7.50. The quantitative estimate of drug-likeness (QED) is 0.294. The van der Waals surface area contributed by atoms with Crippen LogP contribution in [0.25, 0.3) is 39.1 Å². The van der Waals surface area contributed by atoms with Crippen LogP contribution in [0.15, 0.2) is 73.4 Å². The first-order valence-electron chi connectivity index (χ1n) is 13.6. The summed E-state index contributed by atoms with van der Waals surface area (Å²) in [4.78, 5) is 31.2. The van der Waals surface area contributed by atoms with Gasteiger partial charge in [0.05, 0.1) is 30.0 Å². The summed E-state index contributed by atoms with van der Waals surface area (Å²) in [6.45, 7) is 5.83. The minimum Gasteiger partial charge on any atom is -0.332 e. The maximum Gasteiger partial charge on any atom is 0.242 e. The van der Waals surface area contributed by atoms with Crippen LogP contribution in [0.3, 0.4) is 0 Å². The minimum absolute atomic E-state index is 0.184. The van der Waals surface area contributed by atoms with Gasteiger partial charge in [-0.2, -0.15) is 0 Å². The Kier molecular flexibility index (Phi) is 6.98. The van der Waals surface area contributed by atoms with Gasteiger partial charge < -0.3 is 15.2 Å². The molecule has 5 heterocycles. The molecular formula is C33H30N8O. The van der Waals surface area contributed by atoms with Gasteiger partial charge in [-0.3, -0.25) is 14.2 Å². The molecule has 0 bridgehead atoms. The molecule has 0 aliphatic rings. The number of likely N-dealkylation sites (N-methyl/N-ethyl adjacent to an activating group) is 1. The Morgan fingerprint density at radius 2 is 1.88 bits per heavy atom. The summed E-state index contributed by atoms with van der Waals surface area (Å²) in [7, 11) is 3.68. The number of carbonyl (C=O) groups is 1. The first kappa shape index (κ1) is 26.9. The predicted octanol–water partition coefficient (Wildman–Crippen LogP) is 4.91. The Morgan fingerprint density at radius 1 is 1.02 bits per heavy atom. The van der Waals surface area contributed by atoms with Crippen LogP contribution in [-0.4, -0.2) is 47.9 Å². The number of imidazole rings is 2. The number of nitrogens with zero attached hydrogens (tertiary/aromatic N) is 6. The molecule has 0 spiro atoms. The molecule has 1 atom stereocenters. The molecule has 208 valence electrons. The molecule has 0 unspecified atom stereocenters. The highest BCUT2D eigenvalue weighted by atomic mass is 16.2. The SMILES string of the molecule is CN[C@@H](C)C(=O)Nc1ccc(-c2c(-c3cncn3C)nc3cc(C)ccn23)c(C#Cc2ccc3c(C)nccc3c2)n1. The minimum atomic E-state index is -0.380. The lowest BCUT2D eigenvalue weighted by molar-refractivity contribution is -0.117. The van der Waals surface area contributed by atoms with Gasteiger partial charge in [0, 0.05) is 41.6 Å². The number of anilines is 1. The van der Waals surface area contributed by atoms with Crippen molar-refractivity contribution in [1.29, 1.82) is 0 Å². The number of aryl methyl sites for hydroxylation is 3. The van der Waals surface area contributed by atoms with Crippen LogP contribution < -0.4 is 10.6 Å². The van der Waals surface area contributed by atoms with E-state index in [1.807, 2.05) is 72.5 Å². The molecule has 1 aromatic carbocycles. The van der Waals surface area contributed by atoms with E-state index in [-0.39, 0.29) is 11.9 Å². The Morgan fingerprint density at radius 3 is 2.67 bits per heavy atom. The monoisotopic (exact) mass is 554 g/mol. The standard InChI is InChI=1S/C33H30N8O/c1-20-13-15-41-30(16-20)39-31(28-18-35-19-40(28)5)32(41)26-9-11-29(38-33(42)22(3)34-4)37-27(26)10-7-23-6-8-25-21(2)36-14-12-24(25)17-23/h6,8-9,11-19,22,34H,1-5H3,(H,37,38,42)/t22-/m0/s1. The summed E-state index contributed by atoms with van der Waals surface area (Å²) in [6.07, 6.45) is 7.37. The van der Waals surface area contributed by atoms with E-state index in [4.69, 9.17) is 9.97 Å². The number of nitrogens with one attached hydrogen (secondary N) is 2. The van der Waals surface area contributed by atoms with E-state index in [0.717, 1.165) is 55.9 Å². The molecule has 0 saturated heterocycles. The van der Waals surface area contributed by atoms with Gasteiger partial charge in [0.2, 0.25) is 5.91 Å². The number of rotatable bonds is 5. The van der Waals surface area contributed by atoms with Crippen molar-refractivity contribution in [3.8, 4) is 34.5 Å². The van der Waals surface area contributed by atoms with Gasteiger partial charge in [-0.05, 0) is 87.2 Å². The van der Waals surface area contributed by atoms with Crippen molar-refractivity contribution in [3.05, 3.63) is 96.0 Å². The maximum absolute atomic E-state index is 12.7. The number of carbonyl (C=O) groups excluding carboxylic acids is 1. The van der Waals surface area contributed by atoms with Crippen molar-refractivity contribution in [2.75, 3.05) is 12.4 Å². The van der Waals surface area contributed by atoms with Crippen LogP contribution in [0.4, 0.5) is 5.82 Å². The lowest BCUT2D eigenvalue weighted by atomic mass is 10.0. The molecule has 0 saturated carbocycles. The van der Waals surface area contributed by atoms with E-state index >= 15 is 0 Å². The normalized spacial score (nSPS) is 11.8. The van der Waals surface area contributed by atoms with Crippen molar-refractivity contribution < 1.29 is 4.79 Å². The highest BCUT2D eigenvalue weighted by Gasteiger charge is 2.22. The molecule has 0 aliphatic heterocycles. The van der Waals surface area contributed by atoms with Gasteiger partial charge >= 0.3 is 0 Å². The van der Waals surface area contributed by atoms with Crippen molar-refractivity contribution in [3.63, 3.8) is 0 Å². The Bertz CT molecular complexity index is 2040. The summed E-state index contributed by atoms with van der Waals surface area (Å²) in [5.74, 6) is 6.85. The fourth-order valence-corrected chi connectivity index (χ4v) is 4.89. The molecule has 6 rings (SSSR count). The van der Waals surface area contributed by atoms with E-state index in [9.17, 15) is 4.79 Å². The van der Waals surface area contributed by atoms with Gasteiger partial charge in [-0.25, -0.2) is 15.0 Å². The summed E-state index contributed by atoms with van der Waals surface area (Å²) < 4.78 is 3.99. The fraction of sp³-hybridized carbons (Fsp3) is 0.182. The Hall–Kier alpha value is -5.33. The molecular weight excluding hydrogens is 524 g/mol. The predicted molar refractivity (Wildman–Crippen MR) is 165 cm³/mol. The highest BCUT2D eigenvalue weighted by molar-refractivity contribution is 5.94. The van der Waals surface area contributed by atoms with Crippen molar-refractivity contribution in [2.45, 2.75) is 26.8 Å². The van der Waals surface area contributed by atoms with Crippen LogP contribution in [0, 0.1) is 25.7 Å². The van der Waals surface area contributed by atoms with Gasteiger partial charge in [-0.15, -0.1) is 0 Å². The Balaban J connectivity index is 1.55. The van der Waals surface area contributed by atoms with Gasteiger partial charge in [-0.1, -0.05) is 12.0 Å². The van der Waals surface area contributed by atoms with Crippen LogP contribution in [0.5, 0.6) is 0 Å². The molecule has 42 heavy (non-hydrogen) atoms. The zero-order valence-corrected chi connectivity index (χ0v) is 24.1. The number of hydrogen-bond acceptors (Lipinski definition) is 6. The first-order valence-corrected chi connectivity index (χ1v) is 13.6. The molecule has 9 nitrogen and oxygen atoms in total. The van der Waals surface area contributed by atoms with Gasteiger partial charge in [0.15, 0.2) is 0 Å². The lowest BCUT2D eigenvalue weighted by Gasteiger charge is -2.13. The number of amides is 1. The molecule has 1 amide bonds. The average molecular weight is 555 g/mol. The molecule has 5 aromatic heterocycles. The van der Waals surface area contributed by atoms with Crippen molar-refractivity contribution in [1.82, 2.24) is 34.2 Å². The second kappa shape index (κ2) is 10.9. The van der Waals surface area contributed by atoms with Crippen molar-refractivity contribution in [2.24, 2.45) is 7.05 Å². The third kappa shape index (κ3) is 5.00. The average Bonchev–Trinajstić information content (AvgIpc) is 3.58. The zero-order valence-electron chi connectivity index (χ0n) is 24.1. The zero-order chi connectivity index (χ0) is 29.4. The van der Waals surface area contributed by atoms with Gasteiger partial charge in [0.25, 0.3) is 0 Å². The Labute approximate surface area is 243 Å². The molecule has 0 fully saturated rings. The highest BCUT2D eigenvalue weighted by Crippen LogP contribution is 2.34. The van der Waals surface area contributed by atoms with Crippen LogP contribution >= 0.6 is 0 Å². The molecule has 9 heteroatoms. The molecule has 0 radical (unpaired) electrons. The smallest absolute Gasteiger partial charge is 0.242 e. The second-order valence-corrected chi connectivity index (χ2v) is 10.3.